The van der Waals surface area contributed by atoms with Crippen LogP contribution < -0.4 is 5.32 Å². The zero-order valence-electron chi connectivity index (χ0n) is 15.5. The van der Waals surface area contributed by atoms with Crippen molar-refractivity contribution in [3.05, 3.63) is 70.5 Å². The summed E-state index contributed by atoms with van der Waals surface area (Å²) in [6.45, 7) is 4.14. The van der Waals surface area contributed by atoms with Gasteiger partial charge in [-0.2, -0.15) is 0 Å². The second-order valence-electron chi connectivity index (χ2n) is 6.38. The zero-order chi connectivity index (χ0) is 19.8. The molecule has 144 valence electrons. The minimum Gasteiger partial charge on any atom is -0.350 e. The number of carbonyl (C=O) groups is 2. The Hall–Kier alpha value is -2.40. The minimum absolute atomic E-state index is 0.109. The third-order valence-electron chi connectivity index (χ3n) is 4.31. The zero-order valence-corrected chi connectivity index (χ0v) is 16.3. The summed E-state index contributed by atoms with van der Waals surface area (Å²) in [5, 5.41) is 3.41. The Kier molecular flexibility index (Phi) is 7.80. The van der Waals surface area contributed by atoms with Crippen molar-refractivity contribution in [2.45, 2.75) is 45.8 Å². The predicted octanol–water partition coefficient (Wildman–Crippen LogP) is 4.31. The van der Waals surface area contributed by atoms with Crippen molar-refractivity contribution in [3.63, 3.8) is 0 Å². The highest BCUT2D eigenvalue weighted by atomic mass is 35.5. The van der Waals surface area contributed by atoms with E-state index in [9.17, 15) is 14.0 Å². The molecule has 0 aromatic heterocycles. The molecule has 6 heteroatoms. The Bertz CT molecular complexity index is 780. The van der Waals surface area contributed by atoms with Crippen molar-refractivity contribution in [2.24, 2.45) is 0 Å². The summed E-state index contributed by atoms with van der Waals surface area (Å²) < 4.78 is 13.1. The van der Waals surface area contributed by atoms with E-state index in [1.165, 1.54) is 17.0 Å². The van der Waals surface area contributed by atoms with Gasteiger partial charge in [0, 0.05) is 24.5 Å². The average Bonchev–Trinajstić information content (AvgIpc) is 2.66. The molecule has 0 radical (unpaired) electrons. The molecule has 4 nitrogen and oxygen atoms in total. The summed E-state index contributed by atoms with van der Waals surface area (Å²) in [7, 11) is 0. The molecule has 0 spiro atoms. The topological polar surface area (TPSA) is 49.4 Å². The number of hydrogen-bond donors (Lipinski definition) is 1. The van der Waals surface area contributed by atoms with Gasteiger partial charge in [0.15, 0.2) is 0 Å². The van der Waals surface area contributed by atoms with Crippen molar-refractivity contribution >= 4 is 23.4 Å². The fourth-order valence-corrected chi connectivity index (χ4v) is 2.90. The fraction of sp³-hybridized carbons (Fsp3) is 0.333. The lowest BCUT2D eigenvalue weighted by molar-refractivity contribution is -0.140. The number of nitrogens with zero attached hydrogens (tertiary/aromatic N) is 1. The van der Waals surface area contributed by atoms with Gasteiger partial charge in [0.25, 0.3) is 0 Å². The van der Waals surface area contributed by atoms with E-state index in [2.05, 4.69) is 5.32 Å². The third kappa shape index (κ3) is 6.07. The van der Waals surface area contributed by atoms with Crippen LogP contribution in [-0.2, 0) is 22.7 Å². The van der Waals surface area contributed by atoms with E-state index in [1.807, 2.05) is 25.1 Å². The van der Waals surface area contributed by atoms with Crippen LogP contribution in [-0.4, -0.2) is 22.8 Å². The SMILES string of the molecule is CCCC(=O)N(Cc1ccc(F)cc1)[C@H](C)C(=O)NCc1ccccc1Cl. The molecule has 0 heterocycles. The van der Waals surface area contributed by atoms with E-state index >= 15 is 0 Å². The van der Waals surface area contributed by atoms with Crippen LogP contribution >= 0.6 is 11.6 Å². The molecule has 0 saturated heterocycles. The molecule has 1 N–H and O–H groups in total. The summed E-state index contributed by atoms with van der Waals surface area (Å²) in [5.41, 5.74) is 1.58. The number of hydrogen-bond acceptors (Lipinski definition) is 2. The largest absolute Gasteiger partial charge is 0.350 e. The third-order valence-corrected chi connectivity index (χ3v) is 4.68. The molecule has 2 rings (SSSR count). The summed E-state index contributed by atoms with van der Waals surface area (Å²) in [6.07, 6.45) is 1.04. The van der Waals surface area contributed by atoms with Gasteiger partial charge >= 0.3 is 0 Å². The lowest BCUT2D eigenvalue weighted by atomic mass is 10.1. The molecule has 0 fully saturated rings. The molecular formula is C21H24ClFN2O2. The molecule has 2 aromatic carbocycles. The molecule has 0 saturated carbocycles. The van der Waals surface area contributed by atoms with E-state index < -0.39 is 6.04 Å². The number of halogens is 2. The number of benzene rings is 2. The molecule has 0 unspecified atom stereocenters. The molecule has 0 bridgehead atoms. The monoisotopic (exact) mass is 390 g/mol. The molecule has 1 atom stereocenters. The van der Waals surface area contributed by atoms with Gasteiger partial charge in [0.1, 0.15) is 11.9 Å². The maximum absolute atomic E-state index is 13.1. The van der Waals surface area contributed by atoms with Gasteiger partial charge in [-0.05, 0) is 42.7 Å². The van der Waals surface area contributed by atoms with Gasteiger partial charge in [0.05, 0.1) is 0 Å². The number of carbonyl (C=O) groups excluding carboxylic acids is 2. The van der Waals surface area contributed by atoms with Crippen molar-refractivity contribution in [1.29, 1.82) is 0 Å². The van der Waals surface area contributed by atoms with E-state index in [-0.39, 0.29) is 30.7 Å². The van der Waals surface area contributed by atoms with Crippen LogP contribution in [0.1, 0.15) is 37.8 Å². The average molecular weight is 391 g/mol. The van der Waals surface area contributed by atoms with Gasteiger partial charge in [-0.3, -0.25) is 9.59 Å². The fourth-order valence-electron chi connectivity index (χ4n) is 2.70. The Morgan fingerprint density at radius 2 is 1.81 bits per heavy atom. The van der Waals surface area contributed by atoms with Gasteiger partial charge < -0.3 is 10.2 Å². The van der Waals surface area contributed by atoms with Crippen LogP contribution in [0, 0.1) is 5.82 Å². The maximum Gasteiger partial charge on any atom is 0.242 e. The van der Waals surface area contributed by atoms with Gasteiger partial charge in [0.2, 0.25) is 11.8 Å². The normalized spacial score (nSPS) is 11.7. The van der Waals surface area contributed by atoms with Crippen LogP contribution in [0.3, 0.4) is 0 Å². The summed E-state index contributed by atoms with van der Waals surface area (Å²) in [4.78, 5) is 26.7. The first-order valence-electron chi connectivity index (χ1n) is 8.97. The summed E-state index contributed by atoms with van der Waals surface area (Å²) in [6, 6.07) is 12.6. The number of nitrogens with one attached hydrogen (secondary N) is 1. The Balaban J connectivity index is 2.08. The van der Waals surface area contributed by atoms with Crippen molar-refractivity contribution in [3.8, 4) is 0 Å². The molecule has 2 aromatic rings. The molecule has 0 aliphatic rings. The second-order valence-corrected chi connectivity index (χ2v) is 6.79. The maximum atomic E-state index is 13.1. The molecule has 27 heavy (non-hydrogen) atoms. The van der Waals surface area contributed by atoms with Crippen molar-refractivity contribution in [2.75, 3.05) is 0 Å². The Morgan fingerprint density at radius 1 is 1.15 bits per heavy atom. The highest BCUT2D eigenvalue weighted by Crippen LogP contribution is 2.16. The summed E-state index contributed by atoms with van der Waals surface area (Å²) >= 11 is 6.12. The summed E-state index contributed by atoms with van der Waals surface area (Å²) in [5.74, 6) is -0.709. The quantitative estimate of drug-likeness (QED) is 0.730. The van der Waals surface area contributed by atoms with E-state index in [1.54, 1.807) is 25.1 Å². The van der Waals surface area contributed by atoms with Crippen molar-refractivity contribution in [1.82, 2.24) is 10.2 Å². The lowest BCUT2D eigenvalue weighted by Crippen LogP contribution is -2.47. The van der Waals surface area contributed by atoms with Crippen LogP contribution in [0.25, 0.3) is 0 Å². The predicted molar refractivity (Wildman–Crippen MR) is 105 cm³/mol. The first-order valence-corrected chi connectivity index (χ1v) is 9.35. The number of amides is 2. The molecule has 2 amide bonds. The van der Waals surface area contributed by atoms with E-state index in [0.717, 1.165) is 11.1 Å². The Morgan fingerprint density at radius 3 is 2.44 bits per heavy atom. The first-order chi connectivity index (χ1) is 12.9. The van der Waals surface area contributed by atoms with E-state index in [4.69, 9.17) is 11.6 Å². The smallest absolute Gasteiger partial charge is 0.242 e. The molecular weight excluding hydrogens is 367 g/mol. The minimum atomic E-state index is -0.656. The highest BCUT2D eigenvalue weighted by molar-refractivity contribution is 6.31. The van der Waals surface area contributed by atoms with Crippen LogP contribution in [0.4, 0.5) is 4.39 Å². The lowest BCUT2D eigenvalue weighted by Gasteiger charge is -2.29. The van der Waals surface area contributed by atoms with Crippen molar-refractivity contribution < 1.29 is 14.0 Å². The number of rotatable bonds is 8. The van der Waals surface area contributed by atoms with Gasteiger partial charge in [-0.25, -0.2) is 4.39 Å². The standard InChI is InChI=1S/C21H24ClFN2O2/c1-3-6-20(26)25(14-16-9-11-18(23)12-10-16)15(2)21(27)24-13-17-7-4-5-8-19(17)22/h4-5,7-12,15H,3,6,13-14H2,1-2H3,(H,24,27)/t15-/m1/s1. The molecule has 0 aliphatic carbocycles. The highest BCUT2D eigenvalue weighted by Gasteiger charge is 2.25. The van der Waals surface area contributed by atoms with Crippen LogP contribution in [0.2, 0.25) is 5.02 Å². The first kappa shape index (κ1) is 20.9. The van der Waals surface area contributed by atoms with Crippen LogP contribution in [0.5, 0.6) is 0 Å². The van der Waals surface area contributed by atoms with E-state index in [0.29, 0.717) is 17.9 Å². The molecule has 0 aliphatic heterocycles. The Labute approximate surface area is 164 Å². The van der Waals surface area contributed by atoms with Gasteiger partial charge in [-0.1, -0.05) is 48.9 Å². The second kappa shape index (κ2) is 10.1. The van der Waals surface area contributed by atoms with Gasteiger partial charge in [-0.15, -0.1) is 0 Å². The van der Waals surface area contributed by atoms with Crippen LogP contribution in [0.15, 0.2) is 48.5 Å².